The molecule has 104 valence electrons. The quantitative estimate of drug-likeness (QED) is 0.721. The van der Waals surface area contributed by atoms with E-state index in [4.69, 9.17) is 4.74 Å². The van der Waals surface area contributed by atoms with Crippen LogP contribution in [0, 0.1) is 5.41 Å². The van der Waals surface area contributed by atoms with Crippen LogP contribution in [0.3, 0.4) is 0 Å². The van der Waals surface area contributed by atoms with E-state index in [0.29, 0.717) is 5.41 Å². The molecule has 0 aromatic carbocycles. The van der Waals surface area contributed by atoms with Gasteiger partial charge in [0.1, 0.15) is 5.60 Å². The smallest absolute Gasteiger partial charge is 0.410 e. The molecule has 0 aromatic heterocycles. The molecule has 2 fully saturated rings. The van der Waals surface area contributed by atoms with E-state index in [-0.39, 0.29) is 6.09 Å². The summed E-state index contributed by atoms with van der Waals surface area (Å²) in [6.07, 6.45) is 4.73. The summed E-state index contributed by atoms with van der Waals surface area (Å²) in [7, 11) is 0. The largest absolute Gasteiger partial charge is 0.444 e. The molecule has 1 spiro atoms. The first-order valence-electron chi connectivity index (χ1n) is 7.09. The topological polar surface area (TPSA) is 41.6 Å². The third kappa shape index (κ3) is 3.37. The average Bonchev–Trinajstić information content (AvgIpc) is 2.51. The molecule has 2 aliphatic heterocycles. The Labute approximate surface area is 110 Å². The fourth-order valence-corrected chi connectivity index (χ4v) is 2.96. The van der Waals surface area contributed by atoms with Gasteiger partial charge in [-0.25, -0.2) is 4.79 Å². The summed E-state index contributed by atoms with van der Waals surface area (Å²) >= 11 is 0. The van der Waals surface area contributed by atoms with Crippen molar-refractivity contribution in [2.45, 2.75) is 52.1 Å². The van der Waals surface area contributed by atoms with E-state index < -0.39 is 5.60 Å². The number of ether oxygens (including phenoxy) is 1. The molecule has 0 unspecified atom stereocenters. The summed E-state index contributed by atoms with van der Waals surface area (Å²) in [4.78, 5) is 13.9. The third-order valence-corrected chi connectivity index (χ3v) is 3.90. The van der Waals surface area contributed by atoms with Crippen LogP contribution in [-0.4, -0.2) is 42.8 Å². The summed E-state index contributed by atoms with van der Waals surface area (Å²) < 4.78 is 5.45. The van der Waals surface area contributed by atoms with E-state index in [1.807, 2.05) is 25.7 Å². The molecule has 0 bridgehead atoms. The van der Waals surface area contributed by atoms with Gasteiger partial charge in [-0.15, -0.1) is 0 Å². The van der Waals surface area contributed by atoms with E-state index >= 15 is 0 Å². The van der Waals surface area contributed by atoms with Crippen molar-refractivity contribution in [2.75, 3.05) is 26.2 Å². The van der Waals surface area contributed by atoms with Gasteiger partial charge in [0.2, 0.25) is 0 Å². The molecule has 0 saturated carbocycles. The van der Waals surface area contributed by atoms with Crippen molar-refractivity contribution >= 4 is 6.09 Å². The summed E-state index contributed by atoms with van der Waals surface area (Å²) in [6, 6.07) is 0. The molecule has 0 radical (unpaired) electrons. The Morgan fingerprint density at radius 1 is 1.28 bits per heavy atom. The Morgan fingerprint density at radius 2 is 2.06 bits per heavy atom. The van der Waals surface area contributed by atoms with Crippen LogP contribution in [0.1, 0.15) is 46.5 Å². The van der Waals surface area contributed by atoms with Crippen LogP contribution in [0.15, 0.2) is 0 Å². The lowest BCUT2D eigenvalue weighted by Gasteiger charge is -2.29. The lowest BCUT2D eigenvalue weighted by molar-refractivity contribution is 0.0271. The number of hydrogen-bond donors (Lipinski definition) is 1. The third-order valence-electron chi connectivity index (χ3n) is 3.90. The number of nitrogens with zero attached hydrogens (tertiary/aromatic N) is 1. The SMILES string of the molecule is CC(C)(C)OC(=O)N1CC[C@]2(CCCCNC2)C1. The highest BCUT2D eigenvalue weighted by molar-refractivity contribution is 5.68. The monoisotopic (exact) mass is 254 g/mol. The molecule has 18 heavy (non-hydrogen) atoms. The highest BCUT2D eigenvalue weighted by Crippen LogP contribution is 2.36. The number of amides is 1. The fourth-order valence-electron chi connectivity index (χ4n) is 2.96. The summed E-state index contributed by atoms with van der Waals surface area (Å²) in [5.74, 6) is 0. The number of carbonyl (C=O) groups excluding carboxylic acids is 1. The van der Waals surface area contributed by atoms with Gasteiger partial charge in [0.25, 0.3) is 0 Å². The van der Waals surface area contributed by atoms with E-state index in [9.17, 15) is 4.79 Å². The van der Waals surface area contributed by atoms with Crippen LogP contribution in [0.4, 0.5) is 4.79 Å². The lowest BCUT2D eigenvalue weighted by atomic mass is 9.83. The van der Waals surface area contributed by atoms with Crippen molar-refractivity contribution in [1.82, 2.24) is 10.2 Å². The number of nitrogens with one attached hydrogen (secondary N) is 1. The molecule has 1 N–H and O–H groups in total. The molecular formula is C14H26N2O2. The van der Waals surface area contributed by atoms with Gasteiger partial charge in [0.05, 0.1) is 0 Å². The minimum Gasteiger partial charge on any atom is -0.444 e. The number of likely N-dealkylation sites (tertiary alicyclic amines) is 1. The van der Waals surface area contributed by atoms with Gasteiger partial charge < -0.3 is 15.0 Å². The molecule has 2 saturated heterocycles. The second-order valence-electron chi connectivity index (χ2n) is 6.79. The highest BCUT2D eigenvalue weighted by atomic mass is 16.6. The van der Waals surface area contributed by atoms with Crippen LogP contribution in [-0.2, 0) is 4.74 Å². The number of rotatable bonds is 0. The highest BCUT2D eigenvalue weighted by Gasteiger charge is 2.41. The van der Waals surface area contributed by atoms with Gasteiger partial charge >= 0.3 is 6.09 Å². The molecule has 1 atom stereocenters. The van der Waals surface area contributed by atoms with Crippen molar-refractivity contribution in [3.63, 3.8) is 0 Å². The molecule has 2 aliphatic rings. The van der Waals surface area contributed by atoms with Crippen molar-refractivity contribution in [3.05, 3.63) is 0 Å². The predicted molar refractivity (Wildman–Crippen MR) is 71.6 cm³/mol. The van der Waals surface area contributed by atoms with Crippen molar-refractivity contribution in [3.8, 4) is 0 Å². The lowest BCUT2D eigenvalue weighted by Crippen LogP contribution is -2.39. The molecule has 1 amide bonds. The van der Waals surface area contributed by atoms with Gasteiger partial charge in [-0.3, -0.25) is 0 Å². The zero-order valence-electron chi connectivity index (χ0n) is 11.9. The first kappa shape index (κ1) is 13.7. The normalized spacial score (nSPS) is 29.4. The molecule has 2 rings (SSSR count). The molecule has 0 aliphatic carbocycles. The maximum atomic E-state index is 12.1. The average molecular weight is 254 g/mol. The number of hydrogen-bond acceptors (Lipinski definition) is 3. The molecule has 4 heteroatoms. The van der Waals surface area contributed by atoms with Crippen molar-refractivity contribution < 1.29 is 9.53 Å². The Bertz CT molecular complexity index is 301. The van der Waals surface area contributed by atoms with E-state index in [2.05, 4.69) is 5.32 Å². The minimum absolute atomic E-state index is 0.149. The second-order valence-corrected chi connectivity index (χ2v) is 6.79. The van der Waals surface area contributed by atoms with E-state index in [1.54, 1.807) is 0 Å². The van der Waals surface area contributed by atoms with Gasteiger partial charge in [-0.2, -0.15) is 0 Å². The Balaban J connectivity index is 1.92. The molecule has 4 nitrogen and oxygen atoms in total. The predicted octanol–water partition coefficient (Wildman–Crippen LogP) is 2.39. The second kappa shape index (κ2) is 5.08. The Morgan fingerprint density at radius 3 is 2.78 bits per heavy atom. The Hall–Kier alpha value is -0.770. The fraction of sp³-hybridized carbons (Fsp3) is 0.929. The van der Waals surface area contributed by atoms with E-state index in [1.165, 1.54) is 19.3 Å². The molecule has 2 heterocycles. The van der Waals surface area contributed by atoms with Gasteiger partial charge in [0, 0.05) is 25.0 Å². The Kier molecular flexibility index (Phi) is 3.85. The minimum atomic E-state index is -0.394. The van der Waals surface area contributed by atoms with Gasteiger partial charge in [-0.05, 0) is 46.6 Å². The standard InChI is InChI=1S/C14H26N2O2/c1-13(2,3)18-12(17)16-9-7-14(11-16)6-4-5-8-15-10-14/h15H,4-11H2,1-3H3/t14-/m0/s1. The van der Waals surface area contributed by atoms with Crippen LogP contribution in [0.2, 0.25) is 0 Å². The first-order valence-corrected chi connectivity index (χ1v) is 7.09. The summed E-state index contributed by atoms with van der Waals surface area (Å²) in [5.41, 5.74) is -0.0953. The zero-order valence-corrected chi connectivity index (χ0v) is 11.9. The molecular weight excluding hydrogens is 228 g/mol. The van der Waals surface area contributed by atoms with Crippen LogP contribution in [0.25, 0.3) is 0 Å². The van der Waals surface area contributed by atoms with Crippen LogP contribution < -0.4 is 5.32 Å². The molecule has 0 aromatic rings. The number of carbonyl (C=O) groups is 1. The van der Waals surface area contributed by atoms with Crippen molar-refractivity contribution in [1.29, 1.82) is 0 Å². The maximum absolute atomic E-state index is 12.1. The van der Waals surface area contributed by atoms with E-state index in [0.717, 1.165) is 32.6 Å². The van der Waals surface area contributed by atoms with Crippen LogP contribution >= 0.6 is 0 Å². The summed E-state index contributed by atoms with van der Waals surface area (Å²) in [6.45, 7) is 9.63. The maximum Gasteiger partial charge on any atom is 0.410 e. The van der Waals surface area contributed by atoms with Gasteiger partial charge in [0.15, 0.2) is 0 Å². The van der Waals surface area contributed by atoms with Gasteiger partial charge in [-0.1, -0.05) is 6.42 Å². The van der Waals surface area contributed by atoms with Crippen LogP contribution in [0.5, 0.6) is 0 Å². The zero-order chi connectivity index (χ0) is 13.2. The summed E-state index contributed by atoms with van der Waals surface area (Å²) in [5, 5.41) is 3.51. The first-order chi connectivity index (χ1) is 8.40. The van der Waals surface area contributed by atoms with Crippen molar-refractivity contribution in [2.24, 2.45) is 5.41 Å².